The van der Waals surface area contributed by atoms with Gasteiger partial charge in [0.1, 0.15) is 5.76 Å². The van der Waals surface area contributed by atoms with Crippen molar-refractivity contribution in [2.24, 2.45) is 5.92 Å². The van der Waals surface area contributed by atoms with Crippen LogP contribution in [0.2, 0.25) is 0 Å². The van der Waals surface area contributed by atoms with Crippen LogP contribution >= 0.6 is 11.3 Å². The molecule has 2 fully saturated rings. The molecule has 0 aliphatic carbocycles. The number of fused-ring (bicyclic) bond motifs is 1. The lowest BCUT2D eigenvalue weighted by Gasteiger charge is -2.18. The summed E-state index contributed by atoms with van der Waals surface area (Å²) in [4.78, 5) is 15.6. The Morgan fingerprint density at radius 1 is 1.33 bits per heavy atom. The molecule has 2 aliphatic heterocycles. The number of amides is 1. The maximum absolute atomic E-state index is 12.1. The molecule has 2 aromatic rings. The van der Waals surface area contributed by atoms with Crippen LogP contribution in [0.25, 0.3) is 0 Å². The molecular formula is C18H22N2O3S. The predicted molar refractivity (Wildman–Crippen MR) is 91.5 cm³/mol. The molecule has 1 amide bonds. The minimum atomic E-state index is 0.0640. The van der Waals surface area contributed by atoms with Gasteiger partial charge in [0.25, 0.3) is 0 Å². The van der Waals surface area contributed by atoms with Gasteiger partial charge in [-0.25, -0.2) is 0 Å². The van der Waals surface area contributed by atoms with Gasteiger partial charge in [-0.15, -0.1) is 11.3 Å². The maximum atomic E-state index is 12.1. The van der Waals surface area contributed by atoms with Gasteiger partial charge in [0.05, 0.1) is 38.0 Å². The quantitative estimate of drug-likeness (QED) is 0.874. The normalized spacial score (nSPS) is 26.6. The van der Waals surface area contributed by atoms with Crippen molar-refractivity contribution in [1.29, 1.82) is 0 Å². The van der Waals surface area contributed by atoms with Crippen LogP contribution in [0.15, 0.2) is 40.3 Å². The zero-order valence-corrected chi connectivity index (χ0v) is 14.3. The maximum Gasteiger partial charge on any atom is 0.222 e. The molecule has 0 bridgehead atoms. The van der Waals surface area contributed by atoms with E-state index in [1.807, 2.05) is 29.6 Å². The summed E-state index contributed by atoms with van der Waals surface area (Å²) in [6.45, 7) is 3.42. The molecule has 0 aromatic carbocycles. The molecule has 128 valence electrons. The van der Waals surface area contributed by atoms with E-state index < -0.39 is 0 Å². The van der Waals surface area contributed by atoms with Crippen LogP contribution in [0, 0.1) is 5.92 Å². The fraction of sp³-hybridized carbons (Fsp3) is 0.500. The molecule has 0 spiro atoms. The van der Waals surface area contributed by atoms with E-state index in [0.717, 1.165) is 31.8 Å². The van der Waals surface area contributed by atoms with Gasteiger partial charge in [-0.05, 0) is 30.0 Å². The molecule has 0 radical (unpaired) electrons. The van der Waals surface area contributed by atoms with E-state index in [9.17, 15) is 4.79 Å². The van der Waals surface area contributed by atoms with Crippen LogP contribution in [0.1, 0.15) is 23.5 Å². The number of hydrogen-bond donors (Lipinski definition) is 1. The van der Waals surface area contributed by atoms with Gasteiger partial charge in [0.15, 0.2) is 0 Å². The molecule has 4 rings (SSSR count). The monoisotopic (exact) mass is 346 g/mol. The van der Waals surface area contributed by atoms with Crippen molar-refractivity contribution in [2.45, 2.75) is 38.1 Å². The number of carbonyl (C=O) groups excluding carboxylic acids is 1. The van der Waals surface area contributed by atoms with E-state index >= 15 is 0 Å². The van der Waals surface area contributed by atoms with E-state index in [1.54, 1.807) is 17.6 Å². The molecule has 6 heteroatoms. The first-order chi connectivity index (χ1) is 11.8. The van der Waals surface area contributed by atoms with Crippen molar-refractivity contribution in [3.05, 3.63) is 46.5 Å². The minimum absolute atomic E-state index is 0.0640. The van der Waals surface area contributed by atoms with Crippen molar-refractivity contribution >= 4 is 17.2 Å². The van der Waals surface area contributed by atoms with Crippen LogP contribution < -0.4 is 5.32 Å². The number of hydrogen-bond acceptors (Lipinski definition) is 5. The van der Waals surface area contributed by atoms with E-state index in [1.165, 1.54) is 4.88 Å². The Labute approximate surface area is 145 Å². The average Bonchev–Trinajstić information content (AvgIpc) is 3.30. The van der Waals surface area contributed by atoms with Gasteiger partial charge < -0.3 is 14.5 Å². The predicted octanol–water partition coefficient (Wildman–Crippen LogP) is 2.64. The van der Waals surface area contributed by atoms with Gasteiger partial charge in [-0.2, -0.15) is 0 Å². The topological polar surface area (TPSA) is 54.7 Å². The highest BCUT2D eigenvalue weighted by molar-refractivity contribution is 7.09. The first-order valence-corrected chi connectivity index (χ1v) is 9.33. The molecule has 2 saturated heterocycles. The van der Waals surface area contributed by atoms with Gasteiger partial charge in [-0.1, -0.05) is 6.07 Å². The minimum Gasteiger partial charge on any atom is -0.468 e. The molecule has 24 heavy (non-hydrogen) atoms. The summed E-state index contributed by atoms with van der Waals surface area (Å²) >= 11 is 1.66. The SMILES string of the molecule is O=C(C[C@@H]1C[C@@H]2CN(Cc3ccco3)C[C@@H]2O1)NCc1cccs1. The second kappa shape index (κ2) is 7.09. The zero-order valence-electron chi connectivity index (χ0n) is 13.5. The van der Waals surface area contributed by atoms with Gasteiger partial charge >= 0.3 is 0 Å². The average molecular weight is 346 g/mol. The molecule has 1 N–H and O–H groups in total. The van der Waals surface area contributed by atoms with Gasteiger partial charge in [-0.3, -0.25) is 9.69 Å². The van der Waals surface area contributed by atoms with Crippen molar-refractivity contribution in [2.75, 3.05) is 13.1 Å². The second-order valence-electron chi connectivity index (χ2n) is 6.63. The van der Waals surface area contributed by atoms with Crippen LogP contribution in [-0.4, -0.2) is 36.1 Å². The molecule has 0 unspecified atom stereocenters. The Balaban J connectivity index is 1.20. The number of carbonyl (C=O) groups is 1. The Hall–Kier alpha value is -1.63. The highest BCUT2D eigenvalue weighted by atomic mass is 32.1. The third kappa shape index (κ3) is 3.71. The van der Waals surface area contributed by atoms with Gasteiger partial charge in [0, 0.05) is 23.9 Å². The Bertz CT molecular complexity index is 642. The molecule has 2 aromatic heterocycles. The number of furan rings is 1. The van der Waals surface area contributed by atoms with Crippen molar-refractivity contribution in [3.8, 4) is 0 Å². The standard InChI is InChI=1S/C18H22N2O3S/c21-18(19-9-16-4-2-6-24-16)8-15-7-13-10-20(12-17(13)23-15)11-14-3-1-5-22-14/h1-6,13,15,17H,7-12H2,(H,19,21)/t13-,15+,17+/m1/s1. The first-order valence-electron chi connectivity index (χ1n) is 8.45. The van der Waals surface area contributed by atoms with E-state index in [2.05, 4.69) is 10.2 Å². The smallest absolute Gasteiger partial charge is 0.222 e. The molecule has 2 aliphatic rings. The molecule has 4 heterocycles. The van der Waals surface area contributed by atoms with E-state index in [-0.39, 0.29) is 18.1 Å². The Morgan fingerprint density at radius 3 is 3.04 bits per heavy atom. The third-order valence-corrected chi connectivity index (χ3v) is 5.68. The fourth-order valence-corrected chi connectivity index (χ4v) is 4.35. The lowest BCUT2D eigenvalue weighted by molar-refractivity contribution is -0.123. The van der Waals surface area contributed by atoms with Crippen molar-refractivity contribution < 1.29 is 13.9 Å². The zero-order chi connectivity index (χ0) is 16.4. The van der Waals surface area contributed by atoms with Gasteiger partial charge in [0.2, 0.25) is 5.91 Å². The van der Waals surface area contributed by atoms with Crippen LogP contribution in [-0.2, 0) is 22.6 Å². The van der Waals surface area contributed by atoms with Crippen molar-refractivity contribution in [3.63, 3.8) is 0 Å². The molecule has 3 atom stereocenters. The number of thiophene rings is 1. The number of nitrogens with one attached hydrogen (secondary N) is 1. The Morgan fingerprint density at radius 2 is 2.29 bits per heavy atom. The van der Waals surface area contributed by atoms with E-state index in [0.29, 0.717) is 18.9 Å². The van der Waals surface area contributed by atoms with E-state index in [4.69, 9.17) is 9.15 Å². The lowest BCUT2D eigenvalue weighted by atomic mass is 10.0. The summed E-state index contributed by atoms with van der Waals surface area (Å²) in [7, 11) is 0. The number of likely N-dealkylation sites (tertiary alicyclic amines) is 1. The summed E-state index contributed by atoms with van der Waals surface area (Å²) in [5.74, 6) is 1.62. The molecular weight excluding hydrogens is 324 g/mol. The van der Waals surface area contributed by atoms with Crippen LogP contribution in [0.3, 0.4) is 0 Å². The Kier molecular flexibility index (Phi) is 4.69. The highest BCUT2D eigenvalue weighted by Crippen LogP contribution is 2.34. The van der Waals surface area contributed by atoms with Crippen molar-refractivity contribution in [1.82, 2.24) is 10.2 Å². The lowest BCUT2D eigenvalue weighted by Crippen LogP contribution is -2.29. The molecule has 5 nitrogen and oxygen atoms in total. The third-order valence-electron chi connectivity index (χ3n) is 4.80. The first kappa shape index (κ1) is 15.9. The second-order valence-corrected chi connectivity index (χ2v) is 7.66. The number of nitrogens with zero attached hydrogens (tertiary/aromatic N) is 1. The number of rotatable bonds is 6. The summed E-state index contributed by atoms with van der Waals surface area (Å²) in [5.41, 5.74) is 0. The largest absolute Gasteiger partial charge is 0.468 e. The highest BCUT2D eigenvalue weighted by Gasteiger charge is 2.42. The molecule has 0 saturated carbocycles. The summed E-state index contributed by atoms with van der Waals surface area (Å²) in [6, 6.07) is 7.97. The number of ether oxygens (including phenoxy) is 1. The van der Waals surface area contributed by atoms with Crippen LogP contribution in [0.5, 0.6) is 0 Å². The summed E-state index contributed by atoms with van der Waals surface area (Å²) in [6.07, 6.45) is 3.49. The van der Waals surface area contributed by atoms with Crippen LogP contribution in [0.4, 0.5) is 0 Å². The summed E-state index contributed by atoms with van der Waals surface area (Å²) < 4.78 is 11.5. The summed E-state index contributed by atoms with van der Waals surface area (Å²) in [5, 5.41) is 5.01. The fourth-order valence-electron chi connectivity index (χ4n) is 3.71.